The fourth-order valence-electron chi connectivity index (χ4n) is 1.37. The van der Waals surface area contributed by atoms with E-state index in [1.807, 2.05) is 13.8 Å². The number of hydrogen-bond acceptors (Lipinski definition) is 4. The highest BCUT2D eigenvalue weighted by Gasteiger charge is 2.36. The van der Waals surface area contributed by atoms with E-state index in [9.17, 15) is 4.79 Å². The molecule has 0 heterocycles. The molecule has 0 aromatic rings. The zero-order valence-corrected chi connectivity index (χ0v) is 11.0. The van der Waals surface area contributed by atoms with Crippen LogP contribution in [0.3, 0.4) is 0 Å². The van der Waals surface area contributed by atoms with Gasteiger partial charge in [-0.05, 0) is 26.3 Å². The second-order valence-corrected chi connectivity index (χ2v) is 6.57. The molecule has 0 atom stereocenters. The topological polar surface area (TPSA) is 47.9 Å². The molecule has 0 N–H and O–H groups in total. The van der Waals surface area contributed by atoms with E-state index < -0.39 is 8.56 Å². The number of aliphatic imine (C=N–C) groups is 1. The van der Waals surface area contributed by atoms with E-state index in [2.05, 4.69) is 4.99 Å². The third-order valence-electron chi connectivity index (χ3n) is 1.89. The van der Waals surface area contributed by atoms with Gasteiger partial charge >= 0.3 is 8.56 Å². The van der Waals surface area contributed by atoms with Crippen molar-refractivity contribution in [1.82, 2.24) is 0 Å². The van der Waals surface area contributed by atoms with Crippen molar-refractivity contribution in [2.24, 2.45) is 4.99 Å². The van der Waals surface area contributed by atoms with E-state index in [0.717, 1.165) is 12.5 Å². The molecule has 0 bridgehead atoms. The van der Waals surface area contributed by atoms with Crippen LogP contribution in [0.15, 0.2) is 4.99 Å². The SMILES string of the molecule is CCO[Si](CCCCl)(CN=C=O)OCC. The summed E-state index contributed by atoms with van der Waals surface area (Å²) in [6.45, 7) is 4.96. The fourth-order valence-corrected chi connectivity index (χ4v) is 4.51. The van der Waals surface area contributed by atoms with Crippen LogP contribution in [0.1, 0.15) is 20.3 Å². The van der Waals surface area contributed by atoms with Gasteiger partial charge in [0.15, 0.2) is 0 Å². The van der Waals surface area contributed by atoms with Crippen molar-refractivity contribution in [1.29, 1.82) is 0 Å². The highest BCUT2D eigenvalue weighted by atomic mass is 35.5. The van der Waals surface area contributed by atoms with Crippen molar-refractivity contribution in [3.8, 4) is 0 Å². The Balaban J connectivity index is 4.46. The number of hydrogen-bond donors (Lipinski definition) is 0. The molecular formula is C9H18ClNO3Si. The summed E-state index contributed by atoms with van der Waals surface area (Å²) in [6, 6.07) is 0.767. The lowest BCUT2D eigenvalue weighted by Crippen LogP contribution is -2.46. The Hall–Kier alpha value is -0.193. The first-order chi connectivity index (χ1) is 7.24. The largest absolute Gasteiger partial charge is 0.393 e. The summed E-state index contributed by atoms with van der Waals surface area (Å²) in [6.07, 6.45) is 2.67. The molecular weight excluding hydrogens is 234 g/mol. The number of nitrogens with zero attached hydrogens (tertiary/aromatic N) is 1. The predicted molar refractivity (Wildman–Crippen MR) is 62.1 cm³/mol. The van der Waals surface area contributed by atoms with Crippen molar-refractivity contribution < 1.29 is 13.6 Å². The highest BCUT2D eigenvalue weighted by Crippen LogP contribution is 2.17. The van der Waals surface area contributed by atoms with Gasteiger partial charge in [0.05, 0.1) is 6.17 Å². The third-order valence-corrected chi connectivity index (χ3v) is 5.54. The van der Waals surface area contributed by atoms with Crippen molar-refractivity contribution in [2.45, 2.75) is 26.3 Å². The molecule has 0 aliphatic rings. The van der Waals surface area contributed by atoms with E-state index in [1.54, 1.807) is 0 Å². The summed E-state index contributed by atoms with van der Waals surface area (Å²) in [4.78, 5) is 13.7. The van der Waals surface area contributed by atoms with Gasteiger partial charge in [-0.15, -0.1) is 11.6 Å². The van der Waals surface area contributed by atoms with Gasteiger partial charge in [0, 0.05) is 19.1 Å². The van der Waals surface area contributed by atoms with E-state index in [-0.39, 0.29) is 0 Å². The first-order valence-corrected chi connectivity index (χ1v) is 7.88. The first-order valence-electron chi connectivity index (χ1n) is 5.12. The zero-order valence-electron chi connectivity index (χ0n) is 9.29. The monoisotopic (exact) mass is 251 g/mol. The third kappa shape index (κ3) is 6.07. The minimum absolute atomic E-state index is 0.315. The first kappa shape index (κ1) is 14.8. The number of alkyl halides is 1. The van der Waals surface area contributed by atoms with Gasteiger partial charge < -0.3 is 8.85 Å². The quantitative estimate of drug-likeness (QED) is 0.273. The van der Waals surface area contributed by atoms with Gasteiger partial charge in [-0.2, -0.15) is 0 Å². The van der Waals surface area contributed by atoms with Gasteiger partial charge in [0.2, 0.25) is 6.08 Å². The standard InChI is InChI=1S/C9H18ClNO3Si/c1-3-13-15(14-4-2,7-5-6-10)9-11-8-12/h3-7,9H2,1-2H3. The second-order valence-electron chi connectivity index (χ2n) is 2.98. The van der Waals surface area contributed by atoms with E-state index in [1.165, 1.54) is 6.08 Å². The Morgan fingerprint density at radius 3 is 2.33 bits per heavy atom. The molecule has 0 radical (unpaired) electrons. The molecule has 0 saturated carbocycles. The van der Waals surface area contributed by atoms with Crippen LogP contribution in [0.4, 0.5) is 0 Å². The smallest absolute Gasteiger partial charge is 0.361 e. The normalized spacial score (nSPS) is 11.1. The minimum Gasteiger partial charge on any atom is -0.393 e. The van der Waals surface area contributed by atoms with E-state index >= 15 is 0 Å². The van der Waals surface area contributed by atoms with Gasteiger partial charge in [0.25, 0.3) is 0 Å². The molecule has 0 saturated heterocycles. The number of isocyanates is 1. The molecule has 0 unspecified atom stereocenters. The van der Waals surface area contributed by atoms with Crippen LogP contribution in [-0.4, -0.2) is 39.9 Å². The van der Waals surface area contributed by atoms with Gasteiger partial charge in [-0.25, -0.2) is 9.79 Å². The molecule has 88 valence electrons. The molecule has 0 amide bonds. The molecule has 0 aromatic carbocycles. The maximum atomic E-state index is 10.1. The summed E-state index contributed by atoms with van der Waals surface area (Å²) in [5, 5.41) is 0. The Morgan fingerprint density at radius 2 is 1.93 bits per heavy atom. The lowest BCUT2D eigenvalue weighted by atomic mass is 10.6. The van der Waals surface area contributed by atoms with Crippen molar-refractivity contribution >= 4 is 26.2 Å². The van der Waals surface area contributed by atoms with Crippen LogP contribution in [-0.2, 0) is 13.6 Å². The van der Waals surface area contributed by atoms with Crippen LogP contribution in [0.25, 0.3) is 0 Å². The second kappa shape index (κ2) is 9.06. The maximum Gasteiger partial charge on any atom is 0.361 e. The number of rotatable bonds is 9. The fraction of sp³-hybridized carbons (Fsp3) is 0.889. The summed E-state index contributed by atoms with van der Waals surface area (Å²) in [7, 11) is -2.35. The predicted octanol–water partition coefficient (Wildman–Crippen LogP) is 2.01. The molecule has 0 fully saturated rings. The molecule has 0 spiro atoms. The van der Waals surface area contributed by atoms with Gasteiger partial charge in [0.1, 0.15) is 0 Å². The Morgan fingerprint density at radius 1 is 1.33 bits per heavy atom. The Labute approximate surface area is 96.9 Å². The number of halogens is 1. The molecule has 0 aliphatic carbocycles. The maximum absolute atomic E-state index is 10.1. The Bertz CT molecular complexity index is 204. The summed E-state index contributed by atoms with van der Waals surface area (Å²) in [5.74, 6) is 0.569. The number of carbonyl (C=O) groups excluding carboxylic acids is 1. The van der Waals surface area contributed by atoms with Crippen LogP contribution < -0.4 is 0 Å². The minimum atomic E-state index is -2.35. The van der Waals surface area contributed by atoms with Crippen LogP contribution >= 0.6 is 11.6 Å². The van der Waals surface area contributed by atoms with Crippen molar-refractivity contribution in [2.75, 3.05) is 25.3 Å². The molecule has 0 aliphatic heterocycles. The summed E-state index contributed by atoms with van der Waals surface area (Å²) >= 11 is 5.65. The molecule has 4 nitrogen and oxygen atoms in total. The lowest BCUT2D eigenvalue weighted by molar-refractivity contribution is 0.183. The van der Waals surface area contributed by atoms with E-state index in [0.29, 0.717) is 25.3 Å². The van der Waals surface area contributed by atoms with Crippen LogP contribution in [0.5, 0.6) is 0 Å². The lowest BCUT2D eigenvalue weighted by Gasteiger charge is -2.27. The summed E-state index contributed by atoms with van der Waals surface area (Å²) < 4.78 is 11.3. The average Bonchev–Trinajstić information content (AvgIpc) is 2.24. The van der Waals surface area contributed by atoms with Crippen LogP contribution in [0, 0.1) is 0 Å². The van der Waals surface area contributed by atoms with E-state index in [4.69, 9.17) is 20.5 Å². The van der Waals surface area contributed by atoms with Crippen LogP contribution in [0.2, 0.25) is 6.04 Å². The average molecular weight is 252 g/mol. The highest BCUT2D eigenvalue weighted by molar-refractivity contribution is 6.67. The van der Waals surface area contributed by atoms with Gasteiger partial charge in [-0.1, -0.05) is 0 Å². The Kier molecular flexibility index (Phi) is 8.95. The van der Waals surface area contributed by atoms with Gasteiger partial charge in [-0.3, -0.25) is 0 Å². The molecule has 15 heavy (non-hydrogen) atoms. The summed E-state index contributed by atoms with van der Waals surface area (Å²) in [5.41, 5.74) is 0. The van der Waals surface area contributed by atoms with Crippen molar-refractivity contribution in [3.63, 3.8) is 0 Å². The zero-order chi connectivity index (χ0) is 11.6. The molecule has 6 heteroatoms. The van der Waals surface area contributed by atoms with Crippen molar-refractivity contribution in [3.05, 3.63) is 0 Å². The molecule has 0 aromatic heterocycles. The molecule has 0 rings (SSSR count).